The molecule has 0 radical (unpaired) electrons. The number of hydrogen-bond donors (Lipinski definition) is 0. The number of carbonyl (C=O) groups is 1. The summed E-state index contributed by atoms with van der Waals surface area (Å²) in [5.41, 5.74) is 2.72. The molecule has 1 heterocycles. The van der Waals surface area contributed by atoms with E-state index < -0.39 is 5.97 Å². The third kappa shape index (κ3) is 3.67. The Morgan fingerprint density at radius 1 is 1.12 bits per heavy atom. The highest BCUT2D eigenvalue weighted by atomic mass is 35.5. The summed E-state index contributed by atoms with van der Waals surface area (Å²) in [6.45, 7) is 2.06. The van der Waals surface area contributed by atoms with E-state index in [-0.39, 0.29) is 5.69 Å². The Balaban J connectivity index is 2.10. The summed E-state index contributed by atoms with van der Waals surface area (Å²) in [7, 11) is 1.61. The molecule has 1 aromatic heterocycles. The van der Waals surface area contributed by atoms with Crippen LogP contribution in [0.2, 0.25) is 5.02 Å². The van der Waals surface area contributed by atoms with Crippen molar-refractivity contribution in [3.05, 3.63) is 65.3 Å². The lowest BCUT2D eigenvalue weighted by atomic mass is 10.1. The number of rotatable bonds is 5. The highest BCUT2D eigenvalue weighted by Gasteiger charge is 2.17. The van der Waals surface area contributed by atoms with E-state index in [1.54, 1.807) is 36.9 Å². The molecule has 0 saturated heterocycles. The van der Waals surface area contributed by atoms with E-state index in [0.717, 1.165) is 22.7 Å². The zero-order valence-corrected chi connectivity index (χ0v) is 14.7. The monoisotopic (exact) mass is 356 g/mol. The molecule has 2 aromatic carbocycles. The van der Waals surface area contributed by atoms with Crippen molar-refractivity contribution < 1.29 is 14.3 Å². The SMILES string of the molecule is CCOC(=O)c1cc(-c2ccc(Cl)cc2)n(-c2ccc(OC)cc2)n1. The van der Waals surface area contributed by atoms with Crippen LogP contribution >= 0.6 is 11.6 Å². The summed E-state index contributed by atoms with van der Waals surface area (Å²) < 4.78 is 12.0. The molecule has 3 aromatic rings. The standard InChI is InChI=1S/C19H17ClN2O3/c1-3-25-19(23)17-12-18(13-4-6-14(20)7-5-13)22(21-17)15-8-10-16(24-2)11-9-15/h4-12H,3H2,1-2H3. The molecule has 0 bridgehead atoms. The van der Waals surface area contributed by atoms with Gasteiger partial charge in [0.25, 0.3) is 0 Å². The second kappa shape index (κ2) is 7.40. The van der Waals surface area contributed by atoms with Crippen molar-refractivity contribution >= 4 is 17.6 Å². The second-order valence-corrected chi connectivity index (χ2v) is 5.69. The maximum absolute atomic E-state index is 12.1. The summed E-state index contributed by atoms with van der Waals surface area (Å²) in [6.07, 6.45) is 0. The smallest absolute Gasteiger partial charge is 0.358 e. The van der Waals surface area contributed by atoms with Crippen molar-refractivity contribution in [3.8, 4) is 22.7 Å². The van der Waals surface area contributed by atoms with Gasteiger partial charge < -0.3 is 9.47 Å². The molecule has 0 fully saturated rings. The predicted molar refractivity (Wildman–Crippen MR) is 96.5 cm³/mol. The number of methoxy groups -OCH3 is 1. The van der Waals surface area contributed by atoms with Gasteiger partial charge in [-0.25, -0.2) is 9.48 Å². The Kier molecular flexibility index (Phi) is 5.05. The van der Waals surface area contributed by atoms with Crippen LogP contribution in [0.25, 0.3) is 16.9 Å². The van der Waals surface area contributed by atoms with E-state index in [1.165, 1.54) is 0 Å². The molecule has 0 unspecified atom stereocenters. The van der Waals surface area contributed by atoms with Crippen molar-refractivity contribution in [3.63, 3.8) is 0 Å². The molecule has 6 heteroatoms. The first kappa shape index (κ1) is 17.0. The van der Waals surface area contributed by atoms with Gasteiger partial charge in [-0.1, -0.05) is 23.7 Å². The average Bonchev–Trinajstić information content (AvgIpc) is 3.08. The van der Waals surface area contributed by atoms with Crippen LogP contribution in [0.1, 0.15) is 17.4 Å². The molecule has 128 valence electrons. The van der Waals surface area contributed by atoms with E-state index in [9.17, 15) is 4.79 Å². The second-order valence-electron chi connectivity index (χ2n) is 5.25. The fraction of sp³-hybridized carbons (Fsp3) is 0.158. The maximum atomic E-state index is 12.1. The highest BCUT2D eigenvalue weighted by Crippen LogP contribution is 2.26. The topological polar surface area (TPSA) is 53.4 Å². The van der Waals surface area contributed by atoms with Crippen molar-refractivity contribution in [1.82, 2.24) is 9.78 Å². The average molecular weight is 357 g/mol. The number of carbonyl (C=O) groups excluding carboxylic acids is 1. The molecule has 0 aliphatic carbocycles. The molecule has 0 saturated carbocycles. The Bertz CT molecular complexity index is 871. The Labute approximate surface area is 150 Å². The first-order valence-corrected chi connectivity index (χ1v) is 8.17. The minimum Gasteiger partial charge on any atom is -0.497 e. The van der Waals surface area contributed by atoms with E-state index in [0.29, 0.717) is 11.6 Å². The highest BCUT2D eigenvalue weighted by molar-refractivity contribution is 6.30. The van der Waals surface area contributed by atoms with E-state index in [2.05, 4.69) is 5.10 Å². The summed E-state index contributed by atoms with van der Waals surface area (Å²) in [6, 6.07) is 16.5. The largest absolute Gasteiger partial charge is 0.497 e. The van der Waals surface area contributed by atoms with Crippen molar-refractivity contribution in [2.24, 2.45) is 0 Å². The van der Waals surface area contributed by atoms with Gasteiger partial charge in [0.15, 0.2) is 5.69 Å². The zero-order valence-electron chi connectivity index (χ0n) is 13.9. The summed E-state index contributed by atoms with van der Waals surface area (Å²) in [4.78, 5) is 12.1. The molecule has 3 rings (SSSR count). The van der Waals surface area contributed by atoms with Crippen molar-refractivity contribution in [1.29, 1.82) is 0 Å². The van der Waals surface area contributed by atoms with Gasteiger partial charge in [0.05, 0.1) is 25.1 Å². The van der Waals surface area contributed by atoms with E-state index >= 15 is 0 Å². The molecular formula is C19H17ClN2O3. The molecule has 25 heavy (non-hydrogen) atoms. The molecule has 0 amide bonds. The van der Waals surface area contributed by atoms with Crippen LogP contribution < -0.4 is 4.74 Å². The van der Waals surface area contributed by atoms with Crippen LogP contribution in [0.15, 0.2) is 54.6 Å². The number of benzene rings is 2. The zero-order chi connectivity index (χ0) is 17.8. The van der Waals surface area contributed by atoms with Gasteiger partial charge in [-0.3, -0.25) is 0 Å². The number of nitrogens with zero attached hydrogens (tertiary/aromatic N) is 2. The molecule has 0 atom stereocenters. The van der Waals surface area contributed by atoms with Crippen LogP contribution in [-0.4, -0.2) is 29.5 Å². The number of halogens is 1. The van der Waals surface area contributed by atoms with Crippen LogP contribution in [0.3, 0.4) is 0 Å². The minimum atomic E-state index is -0.454. The normalized spacial score (nSPS) is 10.5. The van der Waals surface area contributed by atoms with Gasteiger partial charge in [0.1, 0.15) is 5.75 Å². The Morgan fingerprint density at radius 3 is 2.40 bits per heavy atom. The summed E-state index contributed by atoms with van der Waals surface area (Å²) in [5, 5.41) is 5.07. The number of hydrogen-bond acceptors (Lipinski definition) is 4. The Morgan fingerprint density at radius 2 is 1.80 bits per heavy atom. The van der Waals surface area contributed by atoms with Gasteiger partial charge >= 0.3 is 5.97 Å². The fourth-order valence-electron chi connectivity index (χ4n) is 2.43. The van der Waals surface area contributed by atoms with Crippen LogP contribution in [0.4, 0.5) is 0 Å². The molecule has 0 N–H and O–H groups in total. The van der Waals surface area contributed by atoms with Crippen LogP contribution in [0, 0.1) is 0 Å². The lowest BCUT2D eigenvalue weighted by molar-refractivity contribution is 0.0519. The molecular weight excluding hydrogens is 340 g/mol. The lowest BCUT2D eigenvalue weighted by Crippen LogP contribution is -2.06. The predicted octanol–water partition coefficient (Wildman–Crippen LogP) is 4.38. The molecule has 0 aliphatic rings. The summed E-state index contributed by atoms with van der Waals surface area (Å²) >= 11 is 5.98. The van der Waals surface area contributed by atoms with E-state index in [1.807, 2.05) is 36.4 Å². The van der Waals surface area contributed by atoms with Crippen molar-refractivity contribution in [2.45, 2.75) is 6.92 Å². The third-order valence-electron chi connectivity index (χ3n) is 3.65. The van der Waals surface area contributed by atoms with Crippen molar-refractivity contribution in [2.75, 3.05) is 13.7 Å². The lowest BCUT2D eigenvalue weighted by Gasteiger charge is -2.08. The molecule has 0 spiro atoms. The van der Waals surface area contributed by atoms with Gasteiger partial charge in [0, 0.05) is 10.6 Å². The minimum absolute atomic E-state index is 0.252. The third-order valence-corrected chi connectivity index (χ3v) is 3.90. The first-order chi connectivity index (χ1) is 12.1. The van der Waals surface area contributed by atoms with Gasteiger partial charge in [0.2, 0.25) is 0 Å². The van der Waals surface area contributed by atoms with Gasteiger partial charge in [-0.2, -0.15) is 5.10 Å². The van der Waals surface area contributed by atoms with E-state index in [4.69, 9.17) is 21.1 Å². The van der Waals surface area contributed by atoms with Gasteiger partial charge in [-0.15, -0.1) is 0 Å². The quantitative estimate of drug-likeness (QED) is 0.637. The molecule has 5 nitrogen and oxygen atoms in total. The maximum Gasteiger partial charge on any atom is 0.358 e. The van der Waals surface area contributed by atoms with Crippen LogP contribution in [0.5, 0.6) is 5.75 Å². The number of esters is 1. The fourth-order valence-corrected chi connectivity index (χ4v) is 2.56. The van der Waals surface area contributed by atoms with Crippen LogP contribution in [-0.2, 0) is 4.74 Å². The number of ether oxygens (including phenoxy) is 2. The van der Waals surface area contributed by atoms with Gasteiger partial charge in [-0.05, 0) is 49.4 Å². The first-order valence-electron chi connectivity index (χ1n) is 7.80. The molecule has 0 aliphatic heterocycles. The summed E-state index contributed by atoms with van der Waals surface area (Å²) in [5.74, 6) is 0.291. The number of aromatic nitrogens is 2. The Hall–Kier alpha value is -2.79.